The van der Waals surface area contributed by atoms with Crippen molar-refractivity contribution in [3.05, 3.63) is 11.6 Å². The van der Waals surface area contributed by atoms with Gasteiger partial charge >= 0.3 is 0 Å². The molecular formula is C57H94O29. The predicted molar refractivity (Wildman–Crippen MR) is 284 cm³/mol. The predicted octanol–water partition coefficient (Wildman–Crippen LogP) is -6.21. The molecule has 29 nitrogen and oxygen atoms in total. The molecule has 10 rings (SSSR count). The van der Waals surface area contributed by atoms with Crippen molar-refractivity contribution in [3.8, 4) is 0 Å². The van der Waals surface area contributed by atoms with E-state index in [1.807, 2.05) is 6.92 Å². The molecule has 0 radical (unpaired) electrons. The minimum atomic E-state index is -2.11. The molecule has 6 aliphatic heterocycles. The van der Waals surface area contributed by atoms with Crippen molar-refractivity contribution >= 4 is 0 Å². The maximum absolute atomic E-state index is 12.1. The van der Waals surface area contributed by atoms with Gasteiger partial charge in [-0.15, -0.1) is 0 Å². The van der Waals surface area contributed by atoms with Crippen LogP contribution < -0.4 is 0 Å². The van der Waals surface area contributed by atoms with Crippen LogP contribution >= 0.6 is 0 Å². The molecule has 496 valence electrons. The van der Waals surface area contributed by atoms with E-state index in [9.17, 15) is 91.9 Å². The summed E-state index contributed by atoms with van der Waals surface area (Å²) in [6.07, 6.45) is -34.5. The van der Waals surface area contributed by atoms with Gasteiger partial charge in [-0.05, 0) is 91.8 Å². The normalized spacial score (nSPS) is 54.3. The Hall–Kier alpha value is -1.42. The van der Waals surface area contributed by atoms with Crippen LogP contribution in [0.2, 0.25) is 0 Å². The van der Waals surface area contributed by atoms with Crippen molar-refractivity contribution < 1.29 is 144 Å². The Labute approximate surface area is 497 Å². The Morgan fingerprint density at radius 2 is 1.00 bits per heavy atom. The molecule has 36 atom stereocenters. The number of aliphatic hydroxyl groups excluding tert-OH is 17. The van der Waals surface area contributed by atoms with Crippen LogP contribution in [0.4, 0.5) is 0 Å². The highest BCUT2D eigenvalue weighted by molar-refractivity contribution is 5.26. The van der Waals surface area contributed by atoms with E-state index >= 15 is 0 Å². The highest BCUT2D eigenvalue weighted by Gasteiger charge is 2.68. The van der Waals surface area contributed by atoms with Gasteiger partial charge in [0.05, 0.1) is 51.8 Å². The maximum Gasteiger partial charge on any atom is 0.187 e. The second kappa shape index (κ2) is 26.9. The van der Waals surface area contributed by atoms with E-state index in [1.165, 1.54) is 5.57 Å². The molecule has 3 saturated carbocycles. The fraction of sp³-hybridized carbons (Fsp3) is 0.965. The second-order valence-electron chi connectivity index (χ2n) is 26.6. The van der Waals surface area contributed by atoms with Crippen LogP contribution in [0.1, 0.15) is 85.5 Å². The topological polar surface area (TPSA) is 466 Å². The lowest BCUT2D eigenvalue weighted by molar-refractivity contribution is -0.397. The van der Waals surface area contributed by atoms with Crippen LogP contribution in [-0.4, -0.2) is 303 Å². The number of ether oxygens (including phenoxy) is 11. The summed E-state index contributed by atoms with van der Waals surface area (Å²) in [4.78, 5) is 0. The van der Waals surface area contributed by atoms with Crippen molar-refractivity contribution in [3.63, 3.8) is 0 Å². The van der Waals surface area contributed by atoms with Crippen molar-refractivity contribution in [1.82, 2.24) is 0 Å². The lowest BCUT2D eigenvalue weighted by Crippen LogP contribution is -2.68. The fourth-order valence-corrected chi connectivity index (χ4v) is 16.5. The number of hydrogen-bond acceptors (Lipinski definition) is 29. The van der Waals surface area contributed by atoms with E-state index in [1.54, 1.807) is 0 Å². The van der Waals surface area contributed by atoms with Crippen LogP contribution in [0.5, 0.6) is 0 Å². The van der Waals surface area contributed by atoms with Crippen molar-refractivity contribution in [2.75, 3.05) is 39.6 Å². The minimum absolute atomic E-state index is 0.0844. The third-order valence-corrected chi connectivity index (χ3v) is 21.7. The second-order valence-corrected chi connectivity index (χ2v) is 26.6. The quantitative estimate of drug-likeness (QED) is 0.0535. The van der Waals surface area contributed by atoms with Gasteiger partial charge in [0.1, 0.15) is 122 Å². The van der Waals surface area contributed by atoms with Crippen LogP contribution in [0.15, 0.2) is 11.6 Å². The summed E-state index contributed by atoms with van der Waals surface area (Å²) in [5.74, 6) is -0.403. The molecule has 0 bridgehead atoms. The molecule has 29 heteroatoms. The highest BCUT2D eigenvalue weighted by Crippen LogP contribution is 2.70. The Kier molecular flexibility index (Phi) is 21.1. The molecule has 0 spiro atoms. The zero-order chi connectivity index (χ0) is 62.2. The van der Waals surface area contributed by atoms with Crippen molar-refractivity contribution in [1.29, 1.82) is 0 Å². The first kappa shape index (κ1) is 67.5. The van der Waals surface area contributed by atoms with Crippen LogP contribution in [0.25, 0.3) is 0 Å². The van der Waals surface area contributed by atoms with Gasteiger partial charge < -0.3 is 144 Å². The van der Waals surface area contributed by atoms with Crippen LogP contribution in [0, 0.1) is 46.3 Å². The first-order valence-corrected chi connectivity index (χ1v) is 30.6. The van der Waals surface area contributed by atoms with Gasteiger partial charge in [-0.3, -0.25) is 0 Å². The molecule has 86 heavy (non-hydrogen) atoms. The van der Waals surface area contributed by atoms with Gasteiger partial charge in [-0.1, -0.05) is 39.3 Å². The molecule has 0 aromatic rings. The molecule has 10 aliphatic rings. The molecule has 0 amide bonds. The van der Waals surface area contributed by atoms with Gasteiger partial charge in [0.15, 0.2) is 37.2 Å². The lowest BCUT2D eigenvalue weighted by atomic mass is 9.47. The summed E-state index contributed by atoms with van der Waals surface area (Å²) >= 11 is 0. The zero-order valence-electron chi connectivity index (χ0n) is 48.8. The fourth-order valence-electron chi connectivity index (χ4n) is 16.5. The summed E-state index contributed by atoms with van der Waals surface area (Å²) < 4.78 is 65.0. The Morgan fingerprint density at radius 1 is 0.535 bits per heavy atom. The molecule has 6 heterocycles. The summed E-state index contributed by atoms with van der Waals surface area (Å²) in [5, 5.41) is 192. The van der Waals surface area contributed by atoms with E-state index in [0.29, 0.717) is 43.4 Å². The molecule has 2 unspecified atom stereocenters. The van der Waals surface area contributed by atoms with Gasteiger partial charge in [0, 0.05) is 12.3 Å². The third kappa shape index (κ3) is 12.3. The summed E-state index contributed by atoms with van der Waals surface area (Å²) in [7, 11) is 0. The van der Waals surface area contributed by atoms with Gasteiger partial charge in [-0.2, -0.15) is 0 Å². The molecule has 4 aliphatic carbocycles. The minimum Gasteiger partial charge on any atom is -0.394 e. The average Bonchev–Trinajstić information content (AvgIpc) is 1.52. The molecule has 9 fully saturated rings. The van der Waals surface area contributed by atoms with Gasteiger partial charge in [0.2, 0.25) is 0 Å². The smallest absolute Gasteiger partial charge is 0.187 e. The first-order valence-electron chi connectivity index (χ1n) is 30.6. The van der Waals surface area contributed by atoms with Crippen molar-refractivity contribution in [2.45, 2.75) is 257 Å². The van der Waals surface area contributed by atoms with Crippen LogP contribution in [0.3, 0.4) is 0 Å². The Bertz CT molecular complexity index is 2250. The van der Waals surface area contributed by atoms with E-state index in [2.05, 4.69) is 26.8 Å². The van der Waals surface area contributed by atoms with Gasteiger partial charge in [0.25, 0.3) is 0 Å². The third-order valence-electron chi connectivity index (χ3n) is 21.7. The lowest BCUT2D eigenvalue weighted by Gasteiger charge is -2.58. The summed E-state index contributed by atoms with van der Waals surface area (Å²) in [6.45, 7) is 4.86. The standard InChI is InChI=1S/C57H94O29/c1-21(20-76-50-43(71)38(66)35(63)29(15-58)78-50)7-12-57(75)22(2)34-28(86-57)14-27-25-6-5-23-13-24(8-10-55(23,3)26(25)9-11-56(27,34)4)77-51-45(73)41(69)48(33(19-62)81-51)84-54-49(40(68)37(65)31(17-60)80-54)85-53-46(74)42(70)47(32(18-61)82-53)83-52-44(72)39(67)36(64)30(16-59)79-52/h5,21-22,24-54,58-75H,6-20H2,1-4H3/t21?,22-,24-,25+,26-,27-,28-,29+,30+,31+,32+,33+,34-,35+,36+,37+,38-,39-,40-,41+,42+,43+,44+,45+,46+,47+,48+,49+,50+,51+,52-,53-,54-,55-,56-,57?/m0/s1. The molecule has 0 aromatic heterocycles. The largest absolute Gasteiger partial charge is 0.394 e. The number of fused-ring (bicyclic) bond motifs is 7. The molecule has 0 aromatic carbocycles. The number of rotatable bonds is 19. The van der Waals surface area contributed by atoms with Crippen molar-refractivity contribution in [2.24, 2.45) is 46.3 Å². The molecule has 6 saturated heterocycles. The zero-order valence-corrected chi connectivity index (χ0v) is 48.8. The van der Waals surface area contributed by atoms with E-state index in [-0.39, 0.29) is 41.3 Å². The summed E-state index contributed by atoms with van der Waals surface area (Å²) in [5.41, 5.74) is 0.982. The number of aliphatic hydroxyl groups is 18. The number of hydrogen-bond donors (Lipinski definition) is 18. The van der Waals surface area contributed by atoms with E-state index in [4.69, 9.17) is 52.1 Å². The van der Waals surface area contributed by atoms with Gasteiger partial charge in [-0.25, -0.2) is 0 Å². The Morgan fingerprint density at radius 3 is 1.57 bits per heavy atom. The Balaban J connectivity index is 0.740. The first-order chi connectivity index (χ1) is 40.8. The molecule has 18 N–H and O–H groups in total. The molecular weight excluding hydrogens is 1150 g/mol. The highest BCUT2D eigenvalue weighted by atomic mass is 16.8. The van der Waals surface area contributed by atoms with E-state index < -0.39 is 198 Å². The summed E-state index contributed by atoms with van der Waals surface area (Å²) in [6, 6.07) is 0. The SMILES string of the molecule is CC(CCC1(O)O[C@H]2C[C@H]3[C@@H]4CC=C5C[C@@H](O[C@@H]6O[C@H](CO)[C@@H](O[C@@H]7O[C@H](CO)[C@@H](O)[C@H](O)[C@H]7O[C@@H]7O[C@H](CO)[C@@H](O[C@@H]8O[C@H](CO)[C@@H](O)[C@H](O)[C@H]8O)[C@H](O)[C@H]7O)[C@H](O)[C@H]6O)CC[C@]5(C)[C@H]4CC[C@]3(C)[C@H]2[C@@H]1C)CO[C@@H]1O[C@H](CO)[C@@H](O)[C@H](O)[C@H]1O. The number of allylic oxidation sites excluding steroid dienone is 1. The maximum atomic E-state index is 12.1. The van der Waals surface area contributed by atoms with E-state index in [0.717, 1.165) is 32.1 Å². The monoisotopic (exact) mass is 1240 g/mol. The average molecular weight is 1240 g/mol. The van der Waals surface area contributed by atoms with Crippen LogP contribution in [-0.2, 0) is 52.1 Å².